The van der Waals surface area contributed by atoms with Gasteiger partial charge < -0.3 is 5.32 Å². The Morgan fingerprint density at radius 3 is 2.47 bits per heavy atom. The van der Waals surface area contributed by atoms with E-state index in [4.69, 9.17) is 0 Å². The van der Waals surface area contributed by atoms with E-state index in [1.54, 1.807) is 23.9 Å². The number of hydrogen-bond donors (Lipinski definition) is 1. The molecule has 0 saturated carbocycles. The molecule has 5 heteroatoms. The molecular formula is C12H14N2O2S. The molecule has 0 aromatic heterocycles. The summed E-state index contributed by atoms with van der Waals surface area (Å²) in [6, 6.07) is 6.62. The van der Waals surface area contributed by atoms with Gasteiger partial charge in [0.2, 0.25) is 0 Å². The molecule has 1 unspecified atom stereocenters. The van der Waals surface area contributed by atoms with Crippen LogP contribution in [-0.2, 0) is 0 Å². The van der Waals surface area contributed by atoms with Gasteiger partial charge in [0.25, 0.3) is 5.69 Å². The largest absolute Gasteiger partial charge is 0.372 e. The molecule has 4 nitrogen and oxygen atoms in total. The Labute approximate surface area is 104 Å². The minimum absolute atomic E-state index is 0.125. The Hall–Kier alpha value is -1.49. The summed E-state index contributed by atoms with van der Waals surface area (Å²) in [5, 5.41) is 16.4. The summed E-state index contributed by atoms with van der Waals surface area (Å²) >= 11 is 1.76. The van der Waals surface area contributed by atoms with Crippen molar-refractivity contribution in [1.82, 2.24) is 5.32 Å². The van der Waals surface area contributed by atoms with Crippen LogP contribution in [-0.4, -0.2) is 10.3 Å². The van der Waals surface area contributed by atoms with Crippen LogP contribution in [0.3, 0.4) is 0 Å². The van der Waals surface area contributed by atoms with E-state index >= 15 is 0 Å². The van der Waals surface area contributed by atoms with E-state index < -0.39 is 0 Å². The van der Waals surface area contributed by atoms with Gasteiger partial charge in [0, 0.05) is 17.8 Å². The summed E-state index contributed by atoms with van der Waals surface area (Å²) in [6.07, 6.45) is 0. The molecule has 0 aliphatic carbocycles. The molecule has 90 valence electrons. The maximum Gasteiger partial charge on any atom is 0.269 e. The Bertz CT molecular complexity index is 454. The lowest BCUT2D eigenvalue weighted by Gasteiger charge is -2.16. The van der Waals surface area contributed by atoms with Crippen LogP contribution < -0.4 is 5.32 Å². The van der Waals surface area contributed by atoms with Crippen molar-refractivity contribution in [2.45, 2.75) is 19.2 Å². The number of hydrogen-bond acceptors (Lipinski definition) is 4. The Morgan fingerprint density at radius 1 is 1.35 bits per heavy atom. The molecule has 0 amide bonds. The number of nitrogens with zero attached hydrogens (tertiary/aromatic N) is 1. The summed E-state index contributed by atoms with van der Waals surface area (Å²) in [5.41, 5.74) is 2.16. The quantitative estimate of drug-likeness (QED) is 0.661. The van der Waals surface area contributed by atoms with Gasteiger partial charge in [-0.3, -0.25) is 10.1 Å². The Kier molecular flexibility index (Phi) is 3.38. The number of thioether (sulfide) groups is 1. The minimum Gasteiger partial charge on any atom is -0.372 e. The number of nitro groups is 1. The molecule has 0 spiro atoms. The van der Waals surface area contributed by atoms with Crippen molar-refractivity contribution in [2.24, 2.45) is 5.92 Å². The first kappa shape index (κ1) is 12.0. The molecule has 2 rings (SSSR count). The van der Waals surface area contributed by atoms with Crippen molar-refractivity contribution in [3.05, 3.63) is 45.4 Å². The average molecular weight is 250 g/mol. The second-order valence-corrected chi connectivity index (χ2v) is 5.30. The van der Waals surface area contributed by atoms with Crippen LogP contribution >= 0.6 is 11.8 Å². The van der Waals surface area contributed by atoms with E-state index in [0.717, 1.165) is 11.3 Å². The fourth-order valence-electron chi connectivity index (χ4n) is 1.60. The summed E-state index contributed by atoms with van der Waals surface area (Å²) < 4.78 is 0. The molecular weight excluding hydrogens is 236 g/mol. The average Bonchev–Trinajstić information content (AvgIpc) is 2.78. The van der Waals surface area contributed by atoms with E-state index in [1.165, 1.54) is 12.1 Å². The molecule has 1 heterocycles. The van der Waals surface area contributed by atoms with Crippen LogP contribution in [0.1, 0.15) is 19.4 Å². The van der Waals surface area contributed by atoms with Gasteiger partial charge in [-0.2, -0.15) is 0 Å². The first-order valence-corrected chi connectivity index (χ1v) is 6.39. The molecule has 1 aliphatic heterocycles. The van der Waals surface area contributed by atoms with Gasteiger partial charge in [-0.05, 0) is 29.0 Å². The van der Waals surface area contributed by atoms with E-state index in [2.05, 4.69) is 24.6 Å². The highest BCUT2D eigenvalue weighted by molar-refractivity contribution is 8.03. The second kappa shape index (κ2) is 4.79. The summed E-state index contributed by atoms with van der Waals surface area (Å²) in [6.45, 7) is 4.33. The summed E-state index contributed by atoms with van der Waals surface area (Å²) in [7, 11) is 0. The van der Waals surface area contributed by atoms with Crippen molar-refractivity contribution in [3.63, 3.8) is 0 Å². The molecule has 1 aromatic rings. The normalized spacial score (nSPS) is 19.0. The van der Waals surface area contributed by atoms with Crippen molar-refractivity contribution in [2.75, 3.05) is 0 Å². The molecule has 0 saturated heterocycles. The Morgan fingerprint density at radius 2 is 2.00 bits per heavy atom. The third-order valence-corrected chi connectivity index (χ3v) is 3.95. The number of nitro benzene ring substituents is 1. The monoisotopic (exact) mass is 250 g/mol. The molecule has 1 aromatic carbocycles. The van der Waals surface area contributed by atoms with Crippen molar-refractivity contribution in [3.8, 4) is 0 Å². The molecule has 1 N–H and O–H groups in total. The zero-order valence-electron chi connectivity index (χ0n) is 9.71. The first-order valence-electron chi connectivity index (χ1n) is 5.45. The first-order chi connectivity index (χ1) is 8.08. The minimum atomic E-state index is -0.383. The van der Waals surface area contributed by atoms with Crippen LogP contribution in [0.25, 0.3) is 5.70 Å². The Balaban J connectivity index is 2.12. The van der Waals surface area contributed by atoms with Gasteiger partial charge in [-0.15, -0.1) is 11.8 Å². The zero-order chi connectivity index (χ0) is 12.4. The highest BCUT2D eigenvalue weighted by atomic mass is 32.2. The highest BCUT2D eigenvalue weighted by Gasteiger charge is 2.20. The molecule has 0 fully saturated rings. The SMILES string of the molecule is CC(C)C1NC(c2ccc([N+](=O)[O-])cc2)=CS1. The van der Waals surface area contributed by atoms with Gasteiger partial charge in [-0.25, -0.2) is 0 Å². The second-order valence-electron chi connectivity index (χ2n) is 4.28. The standard InChI is InChI=1S/C12H14N2O2S/c1-8(2)12-13-11(7-17-12)9-3-5-10(6-4-9)14(15)16/h3-8,12-13H,1-2H3. The smallest absolute Gasteiger partial charge is 0.269 e. The summed E-state index contributed by atoms with van der Waals surface area (Å²) in [4.78, 5) is 10.2. The van der Waals surface area contributed by atoms with Crippen LogP contribution in [0.15, 0.2) is 29.7 Å². The van der Waals surface area contributed by atoms with Crippen molar-refractivity contribution in [1.29, 1.82) is 0 Å². The predicted octanol–water partition coefficient (Wildman–Crippen LogP) is 3.21. The summed E-state index contributed by atoms with van der Waals surface area (Å²) in [5.74, 6) is 0.548. The van der Waals surface area contributed by atoms with Gasteiger partial charge in [0.1, 0.15) is 0 Å². The highest BCUT2D eigenvalue weighted by Crippen LogP contribution is 2.31. The van der Waals surface area contributed by atoms with E-state index in [0.29, 0.717) is 11.3 Å². The number of rotatable bonds is 3. The molecule has 1 atom stereocenters. The van der Waals surface area contributed by atoms with Crippen LogP contribution in [0.5, 0.6) is 0 Å². The maximum atomic E-state index is 10.5. The zero-order valence-corrected chi connectivity index (χ0v) is 10.5. The fourth-order valence-corrected chi connectivity index (χ4v) is 2.60. The van der Waals surface area contributed by atoms with Crippen molar-refractivity contribution >= 4 is 23.1 Å². The lowest BCUT2D eigenvalue weighted by molar-refractivity contribution is -0.384. The van der Waals surface area contributed by atoms with E-state index in [9.17, 15) is 10.1 Å². The molecule has 0 radical (unpaired) electrons. The fraction of sp³-hybridized carbons (Fsp3) is 0.333. The topological polar surface area (TPSA) is 55.2 Å². The maximum absolute atomic E-state index is 10.5. The predicted molar refractivity (Wildman–Crippen MR) is 70.4 cm³/mol. The molecule has 1 aliphatic rings. The van der Waals surface area contributed by atoms with Crippen molar-refractivity contribution < 1.29 is 4.92 Å². The lowest BCUT2D eigenvalue weighted by Crippen LogP contribution is -2.24. The molecule has 17 heavy (non-hydrogen) atoms. The number of non-ortho nitro benzene ring substituents is 1. The van der Waals surface area contributed by atoms with E-state index in [-0.39, 0.29) is 10.6 Å². The van der Waals surface area contributed by atoms with Gasteiger partial charge in [-0.1, -0.05) is 13.8 Å². The van der Waals surface area contributed by atoms with Crippen LogP contribution in [0, 0.1) is 16.0 Å². The van der Waals surface area contributed by atoms with Crippen LogP contribution in [0.4, 0.5) is 5.69 Å². The molecule has 0 bridgehead atoms. The number of nitrogens with one attached hydrogen (secondary N) is 1. The lowest BCUT2D eigenvalue weighted by atomic mass is 10.1. The van der Waals surface area contributed by atoms with Gasteiger partial charge in [0.15, 0.2) is 0 Å². The van der Waals surface area contributed by atoms with Gasteiger partial charge >= 0.3 is 0 Å². The van der Waals surface area contributed by atoms with Gasteiger partial charge in [0.05, 0.1) is 10.3 Å². The third-order valence-electron chi connectivity index (χ3n) is 2.62. The third kappa shape index (κ3) is 2.61. The van der Waals surface area contributed by atoms with E-state index in [1.807, 2.05) is 0 Å². The number of benzene rings is 1. The van der Waals surface area contributed by atoms with Crippen LogP contribution in [0.2, 0.25) is 0 Å².